The van der Waals surface area contributed by atoms with Gasteiger partial charge in [0.15, 0.2) is 0 Å². The van der Waals surface area contributed by atoms with Crippen LogP contribution in [0.1, 0.15) is 22.8 Å². The number of ether oxygens (including phenoxy) is 1. The molecule has 0 aromatic heterocycles. The summed E-state index contributed by atoms with van der Waals surface area (Å²) < 4.78 is 33.9. The van der Waals surface area contributed by atoms with Crippen molar-refractivity contribution in [3.05, 3.63) is 88.9 Å². The van der Waals surface area contributed by atoms with Crippen LogP contribution in [0.15, 0.2) is 77.7 Å². The predicted octanol–water partition coefficient (Wildman–Crippen LogP) is 4.50. The summed E-state index contributed by atoms with van der Waals surface area (Å²) in [5, 5.41) is 3.21. The fourth-order valence-electron chi connectivity index (χ4n) is 3.99. The van der Waals surface area contributed by atoms with Crippen LogP contribution in [0.25, 0.3) is 0 Å². The molecule has 0 spiro atoms. The highest BCUT2D eigenvalue weighted by Crippen LogP contribution is 2.30. The van der Waals surface area contributed by atoms with Crippen molar-refractivity contribution in [2.45, 2.75) is 18.4 Å². The highest BCUT2D eigenvalue weighted by Gasteiger charge is 2.29. The standard InChI is InChI=1S/C26H28ClN3O4S/c1-2-34-25-12-11-23(18-24(25)28-26(31)21-9-6-10-22(27)17-21)35(32,33)30-15-13-29(14-16-30)19-20-7-4-3-5-8-20/h3-12,17-18H,2,13-16,19H2,1H3,(H,28,31). The molecule has 4 rings (SSSR count). The minimum atomic E-state index is -3.74. The van der Waals surface area contributed by atoms with E-state index in [1.165, 1.54) is 22.0 Å². The van der Waals surface area contributed by atoms with Crippen LogP contribution >= 0.6 is 11.6 Å². The summed E-state index contributed by atoms with van der Waals surface area (Å²) in [5.74, 6) is -0.00737. The van der Waals surface area contributed by atoms with Crippen LogP contribution in [0.4, 0.5) is 5.69 Å². The summed E-state index contributed by atoms with van der Waals surface area (Å²) in [6.45, 7) is 5.06. The molecule has 184 valence electrons. The molecule has 1 N–H and O–H groups in total. The van der Waals surface area contributed by atoms with Gasteiger partial charge in [-0.15, -0.1) is 0 Å². The molecule has 0 radical (unpaired) electrons. The number of sulfonamides is 1. The second kappa shape index (κ2) is 11.2. The van der Waals surface area contributed by atoms with Crippen molar-refractivity contribution in [2.24, 2.45) is 0 Å². The first kappa shape index (κ1) is 25.2. The van der Waals surface area contributed by atoms with E-state index in [1.807, 2.05) is 25.1 Å². The summed E-state index contributed by atoms with van der Waals surface area (Å²) in [6.07, 6.45) is 0. The highest BCUT2D eigenvalue weighted by atomic mass is 35.5. The van der Waals surface area contributed by atoms with E-state index in [9.17, 15) is 13.2 Å². The smallest absolute Gasteiger partial charge is 0.255 e. The third kappa shape index (κ3) is 6.21. The Bertz CT molecular complexity index is 1280. The van der Waals surface area contributed by atoms with Gasteiger partial charge in [-0.2, -0.15) is 4.31 Å². The Hall–Kier alpha value is -2.91. The molecule has 1 heterocycles. The van der Waals surface area contributed by atoms with Crippen LogP contribution in [-0.2, 0) is 16.6 Å². The van der Waals surface area contributed by atoms with Crippen molar-refractivity contribution in [3.63, 3.8) is 0 Å². The summed E-state index contributed by atoms with van der Waals surface area (Å²) in [7, 11) is -3.74. The van der Waals surface area contributed by atoms with E-state index in [0.29, 0.717) is 54.8 Å². The Kier molecular flexibility index (Phi) is 8.07. The van der Waals surface area contributed by atoms with Crippen LogP contribution in [0, 0.1) is 0 Å². The zero-order chi connectivity index (χ0) is 24.8. The van der Waals surface area contributed by atoms with Crippen molar-refractivity contribution in [1.29, 1.82) is 0 Å². The molecule has 7 nitrogen and oxygen atoms in total. The Morgan fingerprint density at radius 2 is 1.71 bits per heavy atom. The lowest BCUT2D eigenvalue weighted by Gasteiger charge is -2.34. The number of rotatable bonds is 8. The third-order valence-electron chi connectivity index (χ3n) is 5.80. The maximum atomic E-state index is 13.4. The topological polar surface area (TPSA) is 79.0 Å². The molecule has 9 heteroatoms. The van der Waals surface area contributed by atoms with Crippen LogP contribution in [-0.4, -0.2) is 56.3 Å². The second-order valence-corrected chi connectivity index (χ2v) is 10.6. The van der Waals surface area contributed by atoms with Gasteiger partial charge in [-0.05, 0) is 48.9 Å². The maximum absolute atomic E-state index is 13.4. The van der Waals surface area contributed by atoms with Gasteiger partial charge < -0.3 is 10.1 Å². The molecule has 0 aliphatic carbocycles. The average Bonchev–Trinajstić information content (AvgIpc) is 2.86. The van der Waals surface area contributed by atoms with Gasteiger partial charge in [-0.25, -0.2) is 8.42 Å². The van der Waals surface area contributed by atoms with Gasteiger partial charge in [0.1, 0.15) is 5.75 Å². The first-order valence-electron chi connectivity index (χ1n) is 11.5. The molecule has 3 aromatic carbocycles. The number of halogens is 1. The molecule has 1 aliphatic rings. The average molecular weight is 514 g/mol. The number of hydrogen-bond donors (Lipinski definition) is 1. The number of anilines is 1. The minimum Gasteiger partial charge on any atom is -0.492 e. The van der Waals surface area contributed by atoms with Crippen molar-refractivity contribution < 1.29 is 17.9 Å². The van der Waals surface area contributed by atoms with E-state index in [2.05, 4.69) is 22.3 Å². The molecule has 0 bridgehead atoms. The first-order chi connectivity index (χ1) is 16.9. The van der Waals surface area contributed by atoms with Gasteiger partial charge >= 0.3 is 0 Å². The number of hydrogen-bond acceptors (Lipinski definition) is 5. The zero-order valence-corrected chi connectivity index (χ0v) is 21.1. The van der Waals surface area contributed by atoms with Crippen molar-refractivity contribution >= 4 is 33.2 Å². The first-order valence-corrected chi connectivity index (χ1v) is 13.3. The van der Waals surface area contributed by atoms with Crippen LogP contribution in [0.2, 0.25) is 5.02 Å². The molecule has 0 atom stereocenters. The number of piperazine rings is 1. The largest absolute Gasteiger partial charge is 0.492 e. The molecule has 0 unspecified atom stereocenters. The van der Waals surface area contributed by atoms with E-state index in [0.717, 1.165) is 6.54 Å². The van der Waals surface area contributed by atoms with Gasteiger partial charge in [0.05, 0.1) is 17.2 Å². The number of benzene rings is 3. The molecule has 1 amide bonds. The Balaban J connectivity index is 1.50. The Morgan fingerprint density at radius 1 is 0.971 bits per heavy atom. The van der Waals surface area contributed by atoms with E-state index >= 15 is 0 Å². The summed E-state index contributed by atoms with van der Waals surface area (Å²) in [6, 6.07) is 21.2. The molecule has 1 fully saturated rings. The summed E-state index contributed by atoms with van der Waals surface area (Å²) in [5.41, 5.74) is 1.86. The van der Waals surface area contributed by atoms with Gasteiger partial charge in [0, 0.05) is 43.3 Å². The van der Waals surface area contributed by atoms with E-state index in [-0.39, 0.29) is 4.90 Å². The molecular formula is C26H28ClN3O4S. The molecule has 35 heavy (non-hydrogen) atoms. The lowest BCUT2D eigenvalue weighted by Crippen LogP contribution is -2.48. The van der Waals surface area contributed by atoms with Gasteiger partial charge in [-0.1, -0.05) is 48.0 Å². The number of carbonyl (C=O) groups is 1. The van der Waals surface area contributed by atoms with Crippen molar-refractivity contribution in [3.8, 4) is 5.75 Å². The third-order valence-corrected chi connectivity index (χ3v) is 7.93. The van der Waals surface area contributed by atoms with Crippen molar-refractivity contribution in [2.75, 3.05) is 38.1 Å². The predicted molar refractivity (Wildman–Crippen MR) is 137 cm³/mol. The number of amides is 1. The number of carbonyl (C=O) groups excluding carboxylic acids is 1. The van der Waals surface area contributed by atoms with Gasteiger partial charge in [0.25, 0.3) is 5.91 Å². The SMILES string of the molecule is CCOc1ccc(S(=O)(=O)N2CCN(Cc3ccccc3)CC2)cc1NC(=O)c1cccc(Cl)c1. The molecule has 0 saturated carbocycles. The van der Waals surface area contributed by atoms with Gasteiger partial charge in [0.2, 0.25) is 10.0 Å². The Morgan fingerprint density at radius 3 is 2.40 bits per heavy atom. The van der Waals surface area contributed by atoms with Gasteiger partial charge in [-0.3, -0.25) is 9.69 Å². The van der Waals surface area contributed by atoms with Crippen molar-refractivity contribution in [1.82, 2.24) is 9.21 Å². The number of nitrogens with zero attached hydrogens (tertiary/aromatic N) is 2. The molecular weight excluding hydrogens is 486 g/mol. The van der Waals surface area contributed by atoms with Crippen LogP contribution in [0.5, 0.6) is 5.75 Å². The Labute approximate surface area is 211 Å². The zero-order valence-electron chi connectivity index (χ0n) is 19.5. The normalized spacial score (nSPS) is 15.0. The van der Waals surface area contributed by atoms with Crippen LogP contribution < -0.4 is 10.1 Å². The van der Waals surface area contributed by atoms with Crippen LogP contribution in [0.3, 0.4) is 0 Å². The lowest BCUT2D eigenvalue weighted by atomic mass is 10.2. The quantitative estimate of drug-likeness (QED) is 0.480. The summed E-state index contributed by atoms with van der Waals surface area (Å²) >= 11 is 6.01. The summed E-state index contributed by atoms with van der Waals surface area (Å²) in [4.78, 5) is 15.1. The van der Waals surface area contributed by atoms with E-state index in [4.69, 9.17) is 16.3 Å². The fraction of sp³-hybridized carbons (Fsp3) is 0.269. The monoisotopic (exact) mass is 513 g/mol. The van der Waals surface area contributed by atoms with E-state index in [1.54, 1.807) is 30.3 Å². The lowest BCUT2D eigenvalue weighted by molar-refractivity contribution is 0.102. The molecule has 1 aliphatic heterocycles. The van der Waals surface area contributed by atoms with E-state index < -0.39 is 15.9 Å². The molecule has 1 saturated heterocycles. The maximum Gasteiger partial charge on any atom is 0.255 e. The number of nitrogens with one attached hydrogen (secondary N) is 1. The fourth-order valence-corrected chi connectivity index (χ4v) is 5.63. The second-order valence-electron chi connectivity index (χ2n) is 8.22. The highest BCUT2D eigenvalue weighted by molar-refractivity contribution is 7.89. The molecule has 3 aromatic rings. The minimum absolute atomic E-state index is 0.110.